The van der Waals surface area contributed by atoms with Gasteiger partial charge in [0.25, 0.3) is 0 Å². The van der Waals surface area contributed by atoms with Crippen LogP contribution in [0.25, 0.3) is 6.08 Å². The first kappa shape index (κ1) is 9.96. The molecule has 0 N–H and O–H groups in total. The van der Waals surface area contributed by atoms with Crippen LogP contribution in [0.1, 0.15) is 25.5 Å². The molecule has 0 heteroatoms. The van der Waals surface area contributed by atoms with Crippen LogP contribution < -0.4 is 0 Å². The molecule has 0 fully saturated rings. The van der Waals surface area contributed by atoms with Gasteiger partial charge in [0.2, 0.25) is 0 Å². The average molecular weight is 148 g/mol. The maximum absolute atomic E-state index is 3.71. The lowest BCUT2D eigenvalue weighted by Gasteiger charge is -1.96. The molecule has 1 aromatic rings. The molecule has 0 bridgehead atoms. The van der Waals surface area contributed by atoms with Gasteiger partial charge in [0.05, 0.1) is 0 Å². The van der Waals surface area contributed by atoms with Gasteiger partial charge in [-0.2, -0.15) is 0 Å². The minimum Gasteiger partial charge on any atom is -0.0985 e. The van der Waals surface area contributed by atoms with Crippen molar-refractivity contribution < 1.29 is 0 Å². The maximum atomic E-state index is 3.71. The lowest BCUT2D eigenvalue weighted by molar-refractivity contribution is 1.14. The van der Waals surface area contributed by atoms with Crippen molar-refractivity contribution in [2.24, 2.45) is 0 Å². The van der Waals surface area contributed by atoms with E-state index >= 15 is 0 Å². The molecule has 0 aliphatic heterocycles. The van der Waals surface area contributed by atoms with Crippen LogP contribution in [0, 0.1) is 0 Å². The van der Waals surface area contributed by atoms with Crippen molar-refractivity contribution in [1.29, 1.82) is 0 Å². The molecule has 0 atom stereocenters. The average Bonchev–Trinajstić information content (AvgIpc) is 2.05. The monoisotopic (exact) mass is 148 g/mol. The fraction of sp³-hybridized carbons (Fsp3) is 0.273. The zero-order valence-electron chi connectivity index (χ0n) is 6.30. The summed E-state index contributed by atoms with van der Waals surface area (Å²) in [5, 5.41) is 0. The highest BCUT2D eigenvalue weighted by Crippen LogP contribution is 2.05. The van der Waals surface area contributed by atoms with E-state index in [0.29, 0.717) is 0 Å². The summed E-state index contributed by atoms with van der Waals surface area (Å²) in [6, 6.07) is 8.42. The zero-order chi connectivity index (χ0) is 7.40. The van der Waals surface area contributed by atoms with Crippen molar-refractivity contribution in [2.75, 3.05) is 0 Å². The minimum absolute atomic E-state index is 0. The van der Waals surface area contributed by atoms with E-state index in [9.17, 15) is 0 Å². The van der Waals surface area contributed by atoms with Crippen LogP contribution in [0.3, 0.4) is 0 Å². The molecule has 1 aromatic carbocycles. The second kappa shape index (κ2) is 4.73. The predicted octanol–water partition coefficient (Wildman–Crippen LogP) is 3.53. The molecular weight excluding hydrogens is 132 g/mol. The van der Waals surface area contributed by atoms with E-state index in [1.165, 1.54) is 11.1 Å². The molecule has 0 unspecified atom stereocenters. The molecule has 0 radical (unpaired) electrons. The molecule has 11 heavy (non-hydrogen) atoms. The van der Waals surface area contributed by atoms with Gasteiger partial charge < -0.3 is 0 Å². The SMILES string of the molecule is C.C=Cc1cccc(CC)c1. The second-order valence-corrected chi connectivity index (χ2v) is 2.30. The number of rotatable bonds is 2. The van der Waals surface area contributed by atoms with Gasteiger partial charge in [-0.05, 0) is 17.5 Å². The zero-order valence-corrected chi connectivity index (χ0v) is 6.30. The van der Waals surface area contributed by atoms with Crippen LogP contribution in [0.5, 0.6) is 0 Å². The number of benzene rings is 1. The topological polar surface area (TPSA) is 0 Å². The summed E-state index contributed by atoms with van der Waals surface area (Å²) in [7, 11) is 0. The Bertz CT molecular complexity index is 223. The number of hydrogen-bond acceptors (Lipinski definition) is 0. The van der Waals surface area contributed by atoms with Gasteiger partial charge >= 0.3 is 0 Å². The Labute approximate surface area is 69.6 Å². The standard InChI is InChI=1S/C10H12.CH4/c1-3-9-6-5-7-10(4-2)8-9;/h3,5-8H,1,4H2,2H3;1H4. The Balaban J connectivity index is 0.000001000. The maximum Gasteiger partial charge on any atom is -0.0260 e. The van der Waals surface area contributed by atoms with E-state index in [4.69, 9.17) is 0 Å². The summed E-state index contributed by atoms with van der Waals surface area (Å²) in [6.45, 7) is 5.86. The third-order valence-electron chi connectivity index (χ3n) is 1.59. The van der Waals surface area contributed by atoms with Gasteiger partial charge in [-0.25, -0.2) is 0 Å². The van der Waals surface area contributed by atoms with Gasteiger partial charge in [0.15, 0.2) is 0 Å². The Morgan fingerprint density at radius 2 is 2.18 bits per heavy atom. The third kappa shape index (κ3) is 2.58. The molecule has 0 aliphatic rings. The molecular formula is C11H16. The highest BCUT2D eigenvalue weighted by molar-refractivity contribution is 5.47. The van der Waals surface area contributed by atoms with Crippen molar-refractivity contribution in [3.8, 4) is 0 Å². The number of hydrogen-bond donors (Lipinski definition) is 0. The molecule has 0 nitrogen and oxygen atoms in total. The van der Waals surface area contributed by atoms with Crippen LogP contribution >= 0.6 is 0 Å². The Kier molecular flexibility index (Phi) is 4.28. The highest BCUT2D eigenvalue weighted by atomic mass is 13.9. The van der Waals surface area contributed by atoms with Crippen LogP contribution in [0.4, 0.5) is 0 Å². The molecule has 0 aliphatic carbocycles. The normalized spacial score (nSPS) is 8.45. The largest absolute Gasteiger partial charge is 0.0985 e. The molecule has 0 saturated carbocycles. The molecule has 60 valence electrons. The van der Waals surface area contributed by atoms with E-state index in [0.717, 1.165) is 6.42 Å². The van der Waals surface area contributed by atoms with Crippen LogP contribution in [0.15, 0.2) is 30.8 Å². The minimum atomic E-state index is 0. The number of aryl methyl sites for hydroxylation is 1. The lowest BCUT2D eigenvalue weighted by Crippen LogP contribution is -1.79. The molecule has 0 amide bonds. The van der Waals surface area contributed by atoms with Gasteiger partial charge in [-0.15, -0.1) is 0 Å². The Morgan fingerprint density at radius 3 is 2.73 bits per heavy atom. The van der Waals surface area contributed by atoms with Gasteiger partial charge in [-0.1, -0.05) is 51.3 Å². The van der Waals surface area contributed by atoms with Gasteiger partial charge in [0.1, 0.15) is 0 Å². The quantitative estimate of drug-likeness (QED) is 0.602. The van der Waals surface area contributed by atoms with E-state index in [1.807, 2.05) is 6.08 Å². The van der Waals surface area contributed by atoms with Crippen molar-refractivity contribution in [2.45, 2.75) is 20.8 Å². The summed E-state index contributed by atoms with van der Waals surface area (Å²) >= 11 is 0. The smallest absolute Gasteiger partial charge is 0.0260 e. The highest BCUT2D eigenvalue weighted by Gasteiger charge is 1.87. The summed E-state index contributed by atoms with van der Waals surface area (Å²) in [4.78, 5) is 0. The van der Waals surface area contributed by atoms with Gasteiger partial charge in [0, 0.05) is 0 Å². The first-order valence-corrected chi connectivity index (χ1v) is 3.58. The summed E-state index contributed by atoms with van der Waals surface area (Å²) in [5.74, 6) is 0. The second-order valence-electron chi connectivity index (χ2n) is 2.30. The molecule has 0 saturated heterocycles. The van der Waals surface area contributed by atoms with Crippen LogP contribution in [0.2, 0.25) is 0 Å². The van der Waals surface area contributed by atoms with E-state index in [-0.39, 0.29) is 7.43 Å². The lowest BCUT2D eigenvalue weighted by atomic mass is 10.1. The Morgan fingerprint density at radius 1 is 1.45 bits per heavy atom. The van der Waals surface area contributed by atoms with Crippen molar-refractivity contribution in [3.63, 3.8) is 0 Å². The van der Waals surface area contributed by atoms with Crippen LogP contribution in [-0.4, -0.2) is 0 Å². The first-order chi connectivity index (χ1) is 4.86. The van der Waals surface area contributed by atoms with E-state index in [2.05, 4.69) is 37.8 Å². The third-order valence-corrected chi connectivity index (χ3v) is 1.59. The fourth-order valence-electron chi connectivity index (χ4n) is 0.940. The van der Waals surface area contributed by atoms with Crippen LogP contribution in [-0.2, 0) is 6.42 Å². The molecule has 1 rings (SSSR count). The van der Waals surface area contributed by atoms with Gasteiger partial charge in [-0.3, -0.25) is 0 Å². The van der Waals surface area contributed by atoms with E-state index < -0.39 is 0 Å². The first-order valence-electron chi connectivity index (χ1n) is 3.58. The van der Waals surface area contributed by atoms with E-state index in [1.54, 1.807) is 0 Å². The van der Waals surface area contributed by atoms with Crippen molar-refractivity contribution >= 4 is 6.08 Å². The molecule has 0 aromatic heterocycles. The van der Waals surface area contributed by atoms with Crippen molar-refractivity contribution in [3.05, 3.63) is 42.0 Å². The summed E-state index contributed by atoms with van der Waals surface area (Å²) in [5.41, 5.74) is 2.58. The predicted molar refractivity (Wildman–Crippen MR) is 52.6 cm³/mol. The molecule has 0 heterocycles. The Hall–Kier alpha value is -1.04. The fourth-order valence-corrected chi connectivity index (χ4v) is 0.940. The van der Waals surface area contributed by atoms with Crippen molar-refractivity contribution in [1.82, 2.24) is 0 Å². The summed E-state index contributed by atoms with van der Waals surface area (Å²) < 4.78 is 0. The summed E-state index contributed by atoms with van der Waals surface area (Å²) in [6.07, 6.45) is 2.97. The molecule has 0 spiro atoms.